The summed E-state index contributed by atoms with van der Waals surface area (Å²) in [6.45, 7) is 2.03. The van der Waals surface area contributed by atoms with Crippen LogP contribution in [-0.2, 0) is 6.42 Å². The van der Waals surface area contributed by atoms with Crippen molar-refractivity contribution in [3.8, 4) is 11.1 Å². The Morgan fingerprint density at radius 3 is 2.80 bits per heavy atom. The Morgan fingerprint density at radius 2 is 2.00 bits per heavy atom. The van der Waals surface area contributed by atoms with Crippen molar-refractivity contribution >= 4 is 16.7 Å². The second kappa shape index (κ2) is 4.89. The molecule has 0 unspecified atom stereocenters. The van der Waals surface area contributed by atoms with Crippen LogP contribution in [0.15, 0.2) is 42.6 Å². The molecule has 20 heavy (non-hydrogen) atoms. The number of para-hydroxylation sites is 1. The van der Waals surface area contributed by atoms with Crippen LogP contribution >= 0.6 is 0 Å². The van der Waals surface area contributed by atoms with E-state index in [-0.39, 0.29) is 5.82 Å². The quantitative estimate of drug-likeness (QED) is 0.772. The third kappa shape index (κ3) is 2.09. The van der Waals surface area contributed by atoms with E-state index in [4.69, 9.17) is 5.73 Å². The number of anilines is 1. The Hall–Kier alpha value is -2.49. The van der Waals surface area contributed by atoms with Crippen molar-refractivity contribution < 1.29 is 4.39 Å². The number of hydrogen-bond donors (Lipinski definition) is 1. The number of hydrogen-bond acceptors (Lipinski definition) is 3. The summed E-state index contributed by atoms with van der Waals surface area (Å²) in [4.78, 5) is 8.59. The lowest BCUT2D eigenvalue weighted by atomic mass is 9.99. The molecule has 2 aromatic heterocycles. The fourth-order valence-electron chi connectivity index (χ4n) is 2.38. The largest absolute Gasteiger partial charge is 0.384 e. The SMILES string of the molecule is CCc1nc(N)ccc1-c1cccc2cc(F)cnc12. The lowest BCUT2D eigenvalue weighted by molar-refractivity contribution is 0.624. The molecule has 0 amide bonds. The van der Waals surface area contributed by atoms with E-state index in [2.05, 4.69) is 9.97 Å². The standard InChI is InChI=1S/C16H14FN3/c1-2-14-12(6-7-15(18)20-14)13-5-3-4-10-8-11(17)9-19-16(10)13/h3-9H,2H2,1H3,(H2,18,20). The van der Waals surface area contributed by atoms with Gasteiger partial charge in [-0.1, -0.05) is 25.1 Å². The highest BCUT2D eigenvalue weighted by molar-refractivity contribution is 5.94. The average Bonchev–Trinajstić information content (AvgIpc) is 2.46. The summed E-state index contributed by atoms with van der Waals surface area (Å²) in [5, 5.41) is 0.779. The van der Waals surface area contributed by atoms with Crippen LogP contribution in [0.25, 0.3) is 22.0 Å². The summed E-state index contributed by atoms with van der Waals surface area (Å²) in [5.74, 6) is 0.172. The fourth-order valence-corrected chi connectivity index (χ4v) is 2.38. The number of aryl methyl sites for hydroxylation is 1. The summed E-state index contributed by atoms with van der Waals surface area (Å²) >= 11 is 0. The number of aromatic nitrogens is 2. The van der Waals surface area contributed by atoms with Crippen LogP contribution < -0.4 is 5.73 Å². The Bertz CT molecular complexity index is 784. The number of benzene rings is 1. The van der Waals surface area contributed by atoms with Crippen molar-refractivity contribution in [2.24, 2.45) is 0 Å². The molecular formula is C16H14FN3. The first-order valence-corrected chi connectivity index (χ1v) is 6.49. The van der Waals surface area contributed by atoms with Crippen LogP contribution in [0.5, 0.6) is 0 Å². The minimum absolute atomic E-state index is 0.333. The Balaban J connectivity index is 2.29. The van der Waals surface area contributed by atoms with Crippen LogP contribution in [0.2, 0.25) is 0 Å². The van der Waals surface area contributed by atoms with Gasteiger partial charge in [0.1, 0.15) is 11.6 Å². The maximum absolute atomic E-state index is 13.3. The first-order valence-electron chi connectivity index (χ1n) is 6.49. The number of rotatable bonds is 2. The molecule has 4 heteroatoms. The van der Waals surface area contributed by atoms with Crippen LogP contribution in [0, 0.1) is 5.82 Å². The molecule has 0 saturated heterocycles. The number of halogens is 1. The highest BCUT2D eigenvalue weighted by Gasteiger charge is 2.10. The molecule has 0 bridgehead atoms. The van der Waals surface area contributed by atoms with Gasteiger partial charge in [-0.2, -0.15) is 0 Å². The number of nitrogens with zero attached hydrogens (tertiary/aromatic N) is 2. The third-order valence-electron chi connectivity index (χ3n) is 3.30. The second-order valence-corrected chi connectivity index (χ2v) is 4.61. The first-order chi connectivity index (χ1) is 9.69. The number of nitrogen functional groups attached to an aromatic ring is 1. The molecule has 100 valence electrons. The van der Waals surface area contributed by atoms with Crippen molar-refractivity contribution in [2.75, 3.05) is 5.73 Å². The van der Waals surface area contributed by atoms with E-state index in [0.717, 1.165) is 34.1 Å². The van der Waals surface area contributed by atoms with Gasteiger partial charge in [-0.3, -0.25) is 4.98 Å². The molecule has 0 saturated carbocycles. The summed E-state index contributed by atoms with van der Waals surface area (Å²) in [5.41, 5.74) is 9.37. The number of fused-ring (bicyclic) bond motifs is 1. The van der Waals surface area contributed by atoms with Gasteiger partial charge in [-0.25, -0.2) is 9.37 Å². The molecule has 3 aromatic rings. The average molecular weight is 267 g/mol. The van der Waals surface area contributed by atoms with E-state index in [9.17, 15) is 4.39 Å². The van der Waals surface area contributed by atoms with E-state index < -0.39 is 0 Å². The number of pyridine rings is 2. The molecule has 0 aliphatic carbocycles. The highest BCUT2D eigenvalue weighted by atomic mass is 19.1. The van der Waals surface area contributed by atoms with Gasteiger partial charge in [-0.15, -0.1) is 0 Å². The molecule has 1 aromatic carbocycles. The van der Waals surface area contributed by atoms with E-state index in [1.165, 1.54) is 12.3 Å². The maximum atomic E-state index is 13.3. The zero-order valence-corrected chi connectivity index (χ0v) is 11.1. The first kappa shape index (κ1) is 12.5. The summed E-state index contributed by atoms with van der Waals surface area (Å²) in [6.07, 6.45) is 2.01. The van der Waals surface area contributed by atoms with Crippen LogP contribution in [-0.4, -0.2) is 9.97 Å². The zero-order chi connectivity index (χ0) is 14.1. The molecule has 0 spiro atoms. The van der Waals surface area contributed by atoms with Gasteiger partial charge in [-0.05, 0) is 24.6 Å². The Kier molecular flexibility index (Phi) is 3.06. The smallest absolute Gasteiger partial charge is 0.142 e. The van der Waals surface area contributed by atoms with Gasteiger partial charge in [0.2, 0.25) is 0 Å². The predicted molar refractivity (Wildman–Crippen MR) is 78.7 cm³/mol. The Labute approximate surface area is 116 Å². The van der Waals surface area contributed by atoms with Gasteiger partial charge in [0.25, 0.3) is 0 Å². The molecule has 3 nitrogen and oxygen atoms in total. The van der Waals surface area contributed by atoms with Crippen molar-refractivity contribution in [2.45, 2.75) is 13.3 Å². The third-order valence-corrected chi connectivity index (χ3v) is 3.30. The topological polar surface area (TPSA) is 51.8 Å². The molecule has 0 atom stereocenters. The molecular weight excluding hydrogens is 253 g/mol. The van der Waals surface area contributed by atoms with Crippen molar-refractivity contribution in [3.05, 3.63) is 54.1 Å². The van der Waals surface area contributed by atoms with Gasteiger partial charge in [0.05, 0.1) is 17.4 Å². The van der Waals surface area contributed by atoms with Crippen LogP contribution in [0.4, 0.5) is 10.2 Å². The minimum Gasteiger partial charge on any atom is -0.384 e. The van der Waals surface area contributed by atoms with E-state index in [0.29, 0.717) is 5.82 Å². The minimum atomic E-state index is -0.333. The molecule has 0 aliphatic heterocycles. The molecule has 2 N–H and O–H groups in total. The molecule has 3 rings (SSSR count). The lowest BCUT2D eigenvalue weighted by Crippen LogP contribution is -1.98. The van der Waals surface area contributed by atoms with Crippen LogP contribution in [0.3, 0.4) is 0 Å². The van der Waals surface area contributed by atoms with Gasteiger partial charge in [0.15, 0.2) is 0 Å². The van der Waals surface area contributed by atoms with Gasteiger partial charge >= 0.3 is 0 Å². The Morgan fingerprint density at radius 1 is 1.15 bits per heavy atom. The van der Waals surface area contributed by atoms with E-state index >= 15 is 0 Å². The van der Waals surface area contributed by atoms with Crippen LogP contribution in [0.1, 0.15) is 12.6 Å². The van der Waals surface area contributed by atoms with Crippen molar-refractivity contribution in [1.29, 1.82) is 0 Å². The fraction of sp³-hybridized carbons (Fsp3) is 0.125. The second-order valence-electron chi connectivity index (χ2n) is 4.61. The molecule has 2 heterocycles. The van der Waals surface area contributed by atoms with Crippen molar-refractivity contribution in [3.63, 3.8) is 0 Å². The van der Waals surface area contributed by atoms with E-state index in [1.54, 1.807) is 6.07 Å². The summed E-state index contributed by atoms with van der Waals surface area (Å²) in [6, 6.07) is 10.9. The summed E-state index contributed by atoms with van der Waals surface area (Å²) in [7, 11) is 0. The zero-order valence-electron chi connectivity index (χ0n) is 11.1. The predicted octanol–water partition coefficient (Wildman–Crippen LogP) is 3.58. The molecule has 0 aliphatic rings. The normalized spacial score (nSPS) is 10.9. The number of nitrogens with two attached hydrogens (primary N) is 1. The van der Waals surface area contributed by atoms with E-state index in [1.807, 2.05) is 31.2 Å². The highest BCUT2D eigenvalue weighted by Crippen LogP contribution is 2.30. The van der Waals surface area contributed by atoms with Gasteiger partial charge < -0.3 is 5.73 Å². The van der Waals surface area contributed by atoms with Gasteiger partial charge in [0, 0.05) is 16.5 Å². The molecule has 0 radical (unpaired) electrons. The maximum Gasteiger partial charge on any atom is 0.142 e. The lowest BCUT2D eigenvalue weighted by Gasteiger charge is -2.10. The summed E-state index contributed by atoms with van der Waals surface area (Å²) < 4.78 is 13.3. The van der Waals surface area contributed by atoms with Crippen molar-refractivity contribution in [1.82, 2.24) is 9.97 Å². The molecule has 0 fully saturated rings. The monoisotopic (exact) mass is 267 g/mol.